The molecular formula is C10H9BrCl. The summed E-state index contributed by atoms with van der Waals surface area (Å²) in [6.45, 7) is 5.68. The van der Waals surface area contributed by atoms with E-state index in [1.54, 1.807) is 6.08 Å². The predicted octanol–water partition coefficient (Wildman–Crippen LogP) is 4.23. The van der Waals surface area contributed by atoms with Gasteiger partial charge in [-0.15, -0.1) is 6.58 Å². The first kappa shape index (κ1) is 9.82. The summed E-state index contributed by atoms with van der Waals surface area (Å²) in [4.78, 5) is 0. The lowest BCUT2D eigenvalue weighted by atomic mass is 10.0. The van der Waals surface area contributed by atoms with Crippen molar-refractivity contribution >= 4 is 27.5 Å². The van der Waals surface area contributed by atoms with E-state index >= 15 is 0 Å². The Morgan fingerprint density at radius 2 is 2.25 bits per heavy atom. The Balaban J connectivity index is 3.15. The Morgan fingerprint density at radius 1 is 1.58 bits per heavy atom. The lowest BCUT2D eigenvalue weighted by molar-refractivity contribution is 1.25. The van der Waals surface area contributed by atoms with Gasteiger partial charge in [-0.2, -0.15) is 0 Å². The Morgan fingerprint density at radius 3 is 2.83 bits per heavy atom. The number of halogens is 2. The summed E-state index contributed by atoms with van der Waals surface area (Å²) in [5, 5.41) is 0.745. The van der Waals surface area contributed by atoms with E-state index in [4.69, 9.17) is 11.6 Å². The summed E-state index contributed by atoms with van der Waals surface area (Å²) in [5.74, 6) is 1.08. The zero-order valence-electron chi connectivity index (χ0n) is 6.77. The molecule has 0 nitrogen and oxygen atoms in total. The summed E-state index contributed by atoms with van der Waals surface area (Å²) in [6.07, 6.45) is 1.80. The molecule has 0 heterocycles. The molecule has 1 aromatic rings. The Labute approximate surface area is 86.4 Å². The van der Waals surface area contributed by atoms with Crippen LogP contribution in [0.2, 0.25) is 5.02 Å². The number of rotatable bonds is 2. The highest BCUT2D eigenvalue weighted by Crippen LogP contribution is 2.30. The average Bonchev–Trinajstić information content (AvgIpc) is 2.08. The maximum Gasteiger partial charge on any atom is 0.0589 e. The largest absolute Gasteiger partial charge is 0.102 e. The minimum absolute atomic E-state index is 0.745. The molecule has 0 unspecified atom stereocenters. The number of allylic oxidation sites excluding steroid dienone is 1. The summed E-state index contributed by atoms with van der Waals surface area (Å²) < 4.78 is 0.919. The Bertz CT molecular complexity index is 294. The van der Waals surface area contributed by atoms with E-state index in [1.807, 2.05) is 25.1 Å². The highest BCUT2D eigenvalue weighted by atomic mass is 79.9. The highest BCUT2D eigenvalue weighted by molar-refractivity contribution is 9.10. The van der Waals surface area contributed by atoms with Gasteiger partial charge in [0.05, 0.1) is 5.02 Å². The zero-order chi connectivity index (χ0) is 9.14. The summed E-state index contributed by atoms with van der Waals surface area (Å²) >= 11 is 9.42. The first-order chi connectivity index (χ1) is 5.66. The molecule has 12 heavy (non-hydrogen) atoms. The molecule has 63 valence electrons. The molecule has 0 aliphatic heterocycles. The minimum Gasteiger partial charge on any atom is -0.102 e. The Kier molecular flexibility index (Phi) is 3.36. The van der Waals surface area contributed by atoms with Crippen LogP contribution in [-0.4, -0.2) is 0 Å². The molecule has 1 aromatic carbocycles. The van der Waals surface area contributed by atoms with Crippen molar-refractivity contribution < 1.29 is 0 Å². The lowest BCUT2D eigenvalue weighted by Crippen LogP contribution is -1.90. The fourth-order valence-corrected chi connectivity index (χ4v) is 1.56. The number of hydrogen-bond donors (Lipinski definition) is 0. The van der Waals surface area contributed by atoms with Gasteiger partial charge in [0, 0.05) is 10.4 Å². The van der Waals surface area contributed by atoms with Crippen LogP contribution in [0.25, 0.3) is 0 Å². The van der Waals surface area contributed by atoms with Crippen LogP contribution < -0.4 is 0 Å². The molecule has 0 atom stereocenters. The van der Waals surface area contributed by atoms with Crippen molar-refractivity contribution in [2.24, 2.45) is 0 Å². The van der Waals surface area contributed by atoms with Crippen molar-refractivity contribution in [3.05, 3.63) is 51.8 Å². The third-order valence-electron chi connectivity index (χ3n) is 1.68. The van der Waals surface area contributed by atoms with Crippen molar-refractivity contribution in [3.63, 3.8) is 0 Å². The van der Waals surface area contributed by atoms with Gasteiger partial charge in [-0.05, 0) is 27.6 Å². The first-order valence-corrected chi connectivity index (χ1v) is 4.74. The van der Waals surface area contributed by atoms with Gasteiger partial charge in [-0.1, -0.05) is 36.7 Å². The molecule has 2 heteroatoms. The molecular weight excluding hydrogens is 235 g/mol. The van der Waals surface area contributed by atoms with Gasteiger partial charge in [0.2, 0.25) is 0 Å². The minimum atomic E-state index is 0.745. The smallest absolute Gasteiger partial charge is 0.0589 e. The monoisotopic (exact) mass is 243 g/mol. The summed E-state index contributed by atoms with van der Waals surface area (Å²) in [6, 6.07) is 5.85. The maximum absolute atomic E-state index is 6.05. The van der Waals surface area contributed by atoms with Crippen LogP contribution in [0.15, 0.2) is 35.3 Å². The van der Waals surface area contributed by atoms with E-state index in [0.29, 0.717) is 0 Å². The van der Waals surface area contributed by atoms with Gasteiger partial charge >= 0.3 is 0 Å². The fraction of sp³-hybridized carbons (Fsp3) is 0.100. The summed E-state index contributed by atoms with van der Waals surface area (Å²) in [7, 11) is 0. The van der Waals surface area contributed by atoms with E-state index in [0.717, 1.165) is 21.0 Å². The third kappa shape index (κ3) is 1.90. The zero-order valence-corrected chi connectivity index (χ0v) is 9.11. The molecule has 1 radical (unpaired) electrons. The van der Waals surface area contributed by atoms with Crippen LogP contribution in [0.5, 0.6) is 0 Å². The molecule has 0 saturated carbocycles. The van der Waals surface area contributed by atoms with Crippen LogP contribution in [0.4, 0.5) is 0 Å². The molecule has 0 aromatic heterocycles. The molecule has 0 aliphatic carbocycles. The van der Waals surface area contributed by atoms with Crippen molar-refractivity contribution in [1.29, 1.82) is 0 Å². The van der Waals surface area contributed by atoms with Crippen LogP contribution in [0.3, 0.4) is 0 Å². The van der Waals surface area contributed by atoms with Gasteiger partial charge in [0.25, 0.3) is 0 Å². The molecule has 1 rings (SSSR count). The van der Waals surface area contributed by atoms with Gasteiger partial charge in [-0.25, -0.2) is 0 Å². The highest BCUT2D eigenvalue weighted by Gasteiger charge is 2.08. The second kappa shape index (κ2) is 4.11. The number of hydrogen-bond acceptors (Lipinski definition) is 0. The van der Waals surface area contributed by atoms with Crippen molar-refractivity contribution in [1.82, 2.24) is 0 Å². The van der Waals surface area contributed by atoms with E-state index in [-0.39, 0.29) is 0 Å². The second-order valence-electron chi connectivity index (χ2n) is 2.49. The first-order valence-electron chi connectivity index (χ1n) is 3.57. The van der Waals surface area contributed by atoms with Crippen LogP contribution >= 0.6 is 27.5 Å². The van der Waals surface area contributed by atoms with E-state index in [2.05, 4.69) is 22.5 Å². The average molecular weight is 245 g/mol. The predicted molar refractivity (Wildman–Crippen MR) is 57.4 cm³/mol. The molecule has 0 saturated heterocycles. The molecule has 0 amide bonds. The lowest BCUT2D eigenvalue weighted by Gasteiger charge is -2.08. The second-order valence-corrected chi connectivity index (χ2v) is 3.72. The van der Waals surface area contributed by atoms with Gasteiger partial charge in [0.15, 0.2) is 0 Å². The van der Waals surface area contributed by atoms with E-state index in [1.165, 1.54) is 0 Å². The molecule has 0 N–H and O–H groups in total. The maximum atomic E-state index is 6.05. The standard InChI is InChI=1S/C10H9BrCl/c1-3-7(2)8-5-4-6-9(11)10(8)12/h3-6H,1H2,2H3. The van der Waals surface area contributed by atoms with Gasteiger partial charge < -0.3 is 0 Å². The van der Waals surface area contributed by atoms with Crippen molar-refractivity contribution in [2.75, 3.05) is 0 Å². The summed E-state index contributed by atoms with van der Waals surface area (Å²) in [5.41, 5.74) is 1.03. The van der Waals surface area contributed by atoms with Crippen LogP contribution in [0, 0.1) is 5.92 Å². The van der Waals surface area contributed by atoms with E-state index in [9.17, 15) is 0 Å². The van der Waals surface area contributed by atoms with Crippen molar-refractivity contribution in [3.8, 4) is 0 Å². The normalized spacial score (nSPS) is 10.3. The van der Waals surface area contributed by atoms with Gasteiger partial charge in [0.1, 0.15) is 0 Å². The fourth-order valence-electron chi connectivity index (χ4n) is 0.918. The molecule has 0 aliphatic rings. The Hall–Kier alpha value is -0.270. The van der Waals surface area contributed by atoms with Gasteiger partial charge in [-0.3, -0.25) is 0 Å². The van der Waals surface area contributed by atoms with E-state index < -0.39 is 0 Å². The topological polar surface area (TPSA) is 0 Å². The molecule has 0 spiro atoms. The molecule has 0 fully saturated rings. The quantitative estimate of drug-likeness (QED) is 0.730. The van der Waals surface area contributed by atoms with Crippen LogP contribution in [-0.2, 0) is 0 Å². The molecule has 0 bridgehead atoms. The number of benzene rings is 1. The SMILES string of the molecule is C=C[C](C)c1cccc(Br)c1Cl. The third-order valence-corrected chi connectivity index (χ3v) is 2.98. The van der Waals surface area contributed by atoms with Crippen LogP contribution in [0.1, 0.15) is 12.5 Å². The van der Waals surface area contributed by atoms with Crippen molar-refractivity contribution in [2.45, 2.75) is 6.92 Å².